The molecule has 0 saturated carbocycles. The van der Waals surface area contributed by atoms with Gasteiger partial charge in [-0.25, -0.2) is 4.79 Å². The Bertz CT molecular complexity index is 1020. The normalized spacial score (nSPS) is 10.9. The molecule has 0 aliphatic heterocycles. The van der Waals surface area contributed by atoms with Crippen molar-refractivity contribution in [1.29, 1.82) is 0 Å². The molecule has 0 unspecified atom stereocenters. The molecule has 0 spiro atoms. The standard InChI is InChI=1S/C20H27N5O5/c1-4-5-11-24-17(21)16(18(26)22-20(24)28)23(12-10-13(2)3)19(27)14-6-8-15(9-7-14)25(29)30/h6-9,13H,4-5,10-12,21H2,1-3H3,(H,22,26,28). The number of aromatic amines is 1. The molecule has 3 N–H and O–H groups in total. The third kappa shape index (κ3) is 5.13. The van der Waals surface area contributed by atoms with Crippen LogP contribution in [0.2, 0.25) is 0 Å². The summed E-state index contributed by atoms with van der Waals surface area (Å²) in [5, 5.41) is 10.9. The number of rotatable bonds is 9. The number of nitro groups is 1. The number of carbonyl (C=O) groups is 1. The molecular formula is C20H27N5O5. The van der Waals surface area contributed by atoms with E-state index in [0.29, 0.717) is 19.4 Å². The molecule has 0 aliphatic carbocycles. The molecule has 0 fully saturated rings. The minimum atomic E-state index is -0.746. The predicted octanol–water partition coefficient (Wildman–Crippen LogP) is 2.52. The minimum Gasteiger partial charge on any atom is -0.383 e. The average Bonchev–Trinajstić information content (AvgIpc) is 2.69. The number of hydrogen-bond acceptors (Lipinski definition) is 6. The van der Waals surface area contributed by atoms with Gasteiger partial charge in [0.05, 0.1) is 4.92 Å². The Morgan fingerprint density at radius 2 is 1.90 bits per heavy atom. The molecule has 0 atom stereocenters. The highest BCUT2D eigenvalue weighted by Crippen LogP contribution is 2.22. The van der Waals surface area contributed by atoms with E-state index >= 15 is 0 Å². The van der Waals surface area contributed by atoms with E-state index in [1.165, 1.54) is 33.7 Å². The third-order valence-electron chi connectivity index (χ3n) is 4.72. The van der Waals surface area contributed by atoms with E-state index in [2.05, 4.69) is 4.98 Å². The molecule has 2 rings (SSSR count). The number of aromatic nitrogens is 2. The van der Waals surface area contributed by atoms with Gasteiger partial charge < -0.3 is 10.6 Å². The molecule has 1 amide bonds. The molecule has 0 aliphatic rings. The maximum atomic E-state index is 13.2. The molecule has 10 nitrogen and oxygen atoms in total. The SMILES string of the molecule is CCCCn1c(N)c(N(CCC(C)C)C(=O)c2ccc([N+](=O)[O-])cc2)c(=O)[nH]c1=O. The zero-order valence-corrected chi connectivity index (χ0v) is 17.4. The van der Waals surface area contributed by atoms with Crippen LogP contribution < -0.4 is 21.9 Å². The number of non-ortho nitro benzene ring substituents is 1. The maximum Gasteiger partial charge on any atom is 0.330 e. The van der Waals surface area contributed by atoms with Gasteiger partial charge in [-0.05, 0) is 30.9 Å². The first-order chi connectivity index (χ1) is 14.2. The number of nitro benzene ring substituents is 1. The number of nitrogens with one attached hydrogen (secondary N) is 1. The van der Waals surface area contributed by atoms with Gasteiger partial charge in [0, 0.05) is 30.8 Å². The van der Waals surface area contributed by atoms with Crippen LogP contribution in [0.15, 0.2) is 33.9 Å². The number of nitrogen functional groups attached to an aromatic ring is 1. The van der Waals surface area contributed by atoms with E-state index in [0.717, 1.165) is 6.42 Å². The molecule has 2 aromatic rings. The summed E-state index contributed by atoms with van der Waals surface area (Å²) < 4.78 is 1.26. The largest absolute Gasteiger partial charge is 0.383 e. The van der Waals surface area contributed by atoms with Crippen molar-refractivity contribution in [2.75, 3.05) is 17.2 Å². The molecular weight excluding hydrogens is 390 g/mol. The summed E-state index contributed by atoms with van der Waals surface area (Å²) in [6, 6.07) is 5.12. The summed E-state index contributed by atoms with van der Waals surface area (Å²) in [6.07, 6.45) is 2.09. The number of nitrogens with two attached hydrogens (primary N) is 1. The van der Waals surface area contributed by atoms with Gasteiger partial charge in [-0.1, -0.05) is 27.2 Å². The second-order valence-electron chi connectivity index (χ2n) is 7.44. The zero-order chi connectivity index (χ0) is 22.4. The van der Waals surface area contributed by atoms with Crippen LogP contribution in [0.1, 0.15) is 50.4 Å². The number of carbonyl (C=O) groups excluding carboxylic acids is 1. The number of H-pyrrole nitrogens is 1. The Hall–Kier alpha value is -3.43. The monoisotopic (exact) mass is 417 g/mol. The van der Waals surface area contributed by atoms with Gasteiger partial charge >= 0.3 is 5.69 Å². The summed E-state index contributed by atoms with van der Waals surface area (Å²) >= 11 is 0. The van der Waals surface area contributed by atoms with E-state index in [9.17, 15) is 24.5 Å². The first-order valence-electron chi connectivity index (χ1n) is 9.86. The Labute approximate surface area is 173 Å². The van der Waals surface area contributed by atoms with E-state index in [4.69, 9.17) is 5.73 Å². The summed E-state index contributed by atoms with van der Waals surface area (Å²) in [4.78, 5) is 51.9. The second-order valence-corrected chi connectivity index (χ2v) is 7.44. The van der Waals surface area contributed by atoms with E-state index in [-0.39, 0.29) is 35.2 Å². The van der Waals surface area contributed by atoms with Crippen LogP contribution in [-0.4, -0.2) is 26.9 Å². The fourth-order valence-electron chi connectivity index (χ4n) is 2.96. The lowest BCUT2D eigenvalue weighted by Gasteiger charge is -2.25. The molecule has 0 bridgehead atoms. The molecule has 162 valence electrons. The molecule has 1 aromatic carbocycles. The topological polar surface area (TPSA) is 144 Å². The Balaban J connectivity index is 2.56. The van der Waals surface area contributed by atoms with Gasteiger partial charge in [-0.3, -0.25) is 29.3 Å². The Kier molecular flexibility index (Phi) is 7.51. The summed E-state index contributed by atoms with van der Waals surface area (Å²) in [5.41, 5.74) is 4.74. The fourth-order valence-corrected chi connectivity index (χ4v) is 2.96. The highest BCUT2D eigenvalue weighted by atomic mass is 16.6. The number of amides is 1. The number of benzene rings is 1. The molecule has 0 radical (unpaired) electrons. The van der Waals surface area contributed by atoms with Crippen molar-refractivity contribution >= 4 is 23.1 Å². The van der Waals surface area contributed by atoms with Crippen LogP contribution in [0.3, 0.4) is 0 Å². The first-order valence-corrected chi connectivity index (χ1v) is 9.86. The lowest BCUT2D eigenvalue weighted by molar-refractivity contribution is -0.384. The van der Waals surface area contributed by atoms with Crippen LogP contribution in [0.4, 0.5) is 17.2 Å². The molecule has 30 heavy (non-hydrogen) atoms. The Morgan fingerprint density at radius 3 is 2.43 bits per heavy atom. The predicted molar refractivity (Wildman–Crippen MR) is 115 cm³/mol. The fraction of sp³-hybridized carbons (Fsp3) is 0.450. The number of unbranched alkanes of at least 4 members (excludes halogenated alkanes) is 1. The highest BCUT2D eigenvalue weighted by molar-refractivity contribution is 6.07. The molecule has 1 heterocycles. The van der Waals surface area contributed by atoms with Crippen LogP contribution >= 0.6 is 0 Å². The Morgan fingerprint density at radius 1 is 1.27 bits per heavy atom. The van der Waals surface area contributed by atoms with Crippen molar-refractivity contribution in [1.82, 2.24) is 9.55 Å². The van der Waals surface area contributed by atoms with Gasteiger partial charge in [0.25, 0.3) is 17.2 Å². The van der Waals surface area contributed by atoms with Crippen molar-refractivity contribution < 1.29 is 9.72 Å². The number of hydrogen-bond donors (Lipinski definition) is 2. The van der Waals surface area contributed by atoms with Crippen LogP contribution in [0.5, 0.6) is 0 Å². The van der Waals surface area contributed by atoms with Gasteiger partial charge in [0.2, 0.25) is 0 Å². The van der Waals surface area contributed by atoms with Gasteiger partial charge in [-0.15, -0.1) is 0 Å². The average molecular weight is 417 g/mol. The van der Waals surface area contributed by atoms with Crippen LogP contribution in [-0.2, 0) is 6.54 Å². The third-order valence-corrected chi connectivity index (χ3v) is 4.72. The van der Waals surface area contributed by atoms with Crippen LogP contribution in [0, 0.1) is 16.0 Å². The number of nitrogens with zero attached hydrogens (tertiary/aromatic N) is 3. The van der Waals surface area contributed by atoms with Crippen molar-refractivity contribution in [2.45, 2.75) is 46.6 Å². The van der Waals surface area contributed by atoms with Crippen molar-refractivity contribution in [3.05, 3.63) is 60.8 Å². The maximum absolute atomic E-state index is 13.2. The van der Waals surface area contributed by atoms with Crippen molar-refractivity contribution in [3.63, 3.8) is 0 Å². The van der Waals surface area contributed by atoms with Gasteiger partial charge in [0.1, 0.15) is 5.82 Å². The molecule has 10 heteroatoms. The second kappa shape index (κ2) is 9.86. The minimum absolute atomic E-state index is 0.0729. The summed E-state index contributed by atoms with van der Waals surface area (Å²) in [6.45, 7) is 6.43. The van der Waals surface area contributed by atoms with Crippen molar-refractivity contribution in [3.8, 4) is 0 Å². The van der Waals surface area contributed by atoms with Crippen LogP contribution in [0.25, 0.3) is 0 Å². The first kappa shape index (κ1) is 22.9. The molecule has 1 aromatic heterocycles. The number of anilines is 2. The van der Waals surface area contributed by atoms with Gasteiger partial charge in [0.15, 0.2) is 5.69 Å². The van der Waals surface area contributed by atoms with E-state index in [1.807, 2.05) is 20.8 Å². The smallest absolute Gasteiger partial charge is 0.330 e. The van der Waals surface area contributed by atoms with Gasteiger partial charge in [-0.2, -0.15) is 0 Å². The summed E-state index contributed by atoms with van der Waals surface area (Å²) in [7, 11) is 0. The quantitative estimate of drug-likeness (QED) is 0.474. The van der Waals surface area contributed by atoms with Crippen molar-refractivity contribution in [2.24, 2.45) is 5.92 Å². The lowest BCUT2D eigenvalue weighted by Crippen LogP contribution is -2.42. The zero-order valence-electron chi connectivity index (χ0n) is 17.4. The highest BCUT2D eigenvalue weighted by Gasteiger charge is 2.25. The summed E-state index contributed by atoms with van der Waals surface area (Å²) in [5.74, 6) is -0.358. The van der Waals surface area contributed by atoms with E-state index in [1.54, 1.807) is 0 Å². The lowest BCUT2D eigenvalue weighted by atomic mass is 10.1. The molecule has 0 saturated heterocycles. The van der Waals surface area contributed by atoms with E-state index < -0.39 is 22.1 Å².